The van der Waals surface area contributed by atoms with Crippen LogP contribution in [0, 0.1) is 0 Å². The maximum absolute atomic E-state index is 5.89. The molecule has 5 heteroatoms. The third kappa shape index (κ3) is 4.52. The van der Waals surface area contributed by atoms with Crippen LogP contribution in [0.25, 0.3) is 0 Å². The number of morpholine rings is 1. The molecule has 2 saturated heterocycles. The minimum absolute atomic E-state index is 0.424. The molecule has 0 aliphatic carbocycles. The van der Waals surface area contributed by atoms with Crippen molar-refractivity contribution in [3.8, 4) is 0 Å². The van der Waals surface area contributed by atoms with E-state index >= 15 is 0 Å². The summed E-state index contributed by atoms with van der Waals surface area (Å²) < 4.78 is 11.4. The predicted molar refractivity (Wildman–Crippen MR) is 90.5 cm³/mol. The van der Waals surface area contributed by atoms with Crippen molar-refractivity contribution in [1.82, 2.24) is 9.80 Å². The molecule has 0 saturated carbocycles. The van der Waals surface area contributed by atoms with E-state index < -0.39 is 0 Å². The van der Waals surface area contributed by atoms with Gasteiger partial charge in [0.15, 0.2) is 0 Å². The van der Waals surface area contributed by atoms with Crippen LogP contribution in [-0.2, 0) is 9.47 Å². The molecular formula is C17H28N2O2S. The Morgan fingerprint density at radius 1 is 1.32 bits per heavy atom. The highest BCUT2D eigenvalue weighted by Crippen LogP contribution is 2.27. The Labute approximate surface area is 138 Å². The van der Waals surface area contributed by atoms with Gasteiger partial charge in [-0.05, 0) is 37.8 Å². The van der Waals surface area contributed by atoms with Crippen LogP contribution in [-0.4, -0.2) is 69.0 Å². The van der Waals surface area contributed by atoms with Crippen LogP contribution in [0.15, 0.2) is 17.5 Å². The van der Waals surface area contributed by atoms with Crippen LogP contribution in [0.3, 0.4) is 0 Å². The van der Waals surface area contributed by atoms with Gasteiger partial charge in [-0.3, -0.25) is 4.90 Å². The van der Waals surface area contributed by atoms with E-state index in [1.807, 2.05) is 11.3 Å². The van der Waals surface area contributed by atoms with E-state index in [1.54, 1.807) is 0 Å². The molecule has 0 bridgehead atoms. The van der Waals surface area contributed by atoms with E-state index in [0.29, 0.717) is 12.1 Å². The van der Waals surface area contributed by atoms with E-state index in [1.165, 1.54) is 24.1 Å². The normalized spacial score (nSPS) is 25.5. The second-order valence-corrected chi connectivity index (χ2v) is 7.37. The van der Waals surface area contributed by atoms with Crippen LogP contribution in [0.5, 0.6) is 0 Å². The third-order valence-corrected chi connectivity index (χ3v) is 5.61. The molecule has 0 amide bonds. The van der Waals surface area contributed by atoms with Gasteiger partial charge in [-0.2, -0.15) is 0 Å². The fourth-order valence-corrected chi connectivity index (χ4v) is 4.28. The molecule has 124 valence electrons. The number of rotatable bonds is 6. The molecule has 0 unspecified atom stereocenters. The molecule has 2 aliphatic heterocycles. The summed E-state index contributed by atoms with van der Waals surface area (Å²) in [5.41, 5.74) is 0. The molecule has 1 aromatic rings. The van der Waals surface area contributed by atoms with Crippen molar-refractivity contribution in [2.75, 3.05) is 53.0 Å². The summed E-state index contributed by atoms with van der Waals surface area (Å²) in [7, 11) is 2.24. The Morgan fingerprint density at radius 3 is 2.86 bits per heavy atom. The quantitative estimate of drug-likeness (QED) is 0.803. The van der Waals surface area contributed by atoms with Gasteiger partial charge in [0, 0.05) is 37.7 Å². The summed E-state index contributed by atoms with van der Waals surface area (Å²) in [6.45, 7) is 6.85. The van der Waals surface area contributed by atoms with Crippen LogP contribution >= 0.6 is 11.3 Å². The van der Waals surface area contributed by atoms with Gasteiger partial charge in [-0.25, -0.2) is 0 Å². The number of ether oxygens (including phenoxy) is 2. The van der Waals surface area contributed by atoms with Crippen molar-refractivity contribution in [2.45, 2.75) is 31.4 Å². The first-order valence-corrected chi connectivity index (χ1v) is 9.36. The first-order chi connectivity index (χ1) is 10.8. The molecule has 3 heterocycles. The molecule has 2 aliphatic rings. The average Bonchev–Trinajstić information content (AvgIpc) is 3.08. The van der Waals surface area contributed by atoms with Crippen molar-refractivity contribution >= 4 is 11.3 Å². The lowest BCUT2D eigenvalue weighted by atomic mass is 10.1. The lowest BCUT2D eigenvalue weighted by Crippen LogP contribution is -2.44. The third-order valence-electron chi connectivity index (χ3n) is 4.63. The summed E-state index contributed by atoms with van der Waals surface area (Å²) in [4.78, 5) is 6.50. The van der Waals surface area contributed by atoms with Gasteiger partial charge in [0.05, 0.1) is 25.4 Å². The SMILES string of the molecule is CN(C[C@H]1CCCCO1)C[C@@H](c1cccs1)N1CCOCC1. The number of hydrogen-bond donors (Lipinski definition) is 0. The van der Waals surface area contributed by atoms with Gasteiger partial charge in [0.1, 0.15) is 0 Å². The first-order valence-electron chi connectivity index (χ1n) is 8.48. The zero-order valence-electron chi connectivity index (χ0n) is 13.6. The zero-order chi connectivity index (χ0) is 15.2. The van der Waals surface area contributed by atoms with Gasteiger partial charge < -0.3 is 14.4 Å². The molecule has 2 atom stereocenters. The highest BCUT2D eigenvalue weighted by Gasteiger charge is 2.26. The summed E-state index contributed by atoms with van der Waals surface area (Å²) in [6.07, 6.45) is 4.18. The summed E-state index contributed by atoms with van der Waals surface area (Å²) >= 11 is 1.87. The number of likely N-dealkylation sites (N-methyl/N-ethyl adjacent to an activating group) is 1. The Morgan fingerprint density at radius 2 is 2.18 bits per heavy atom. The fourth-order valence-electron chi connectivity index (χ4n) is 3.42. The van der Waals surface area contributed by atoms with E-state index in [9.17, 15) is 0 Å². The molecule has 0 radical (unpaired) electrons. The van der Waals surface area contributed by atoms with Crippen molar-refractivity contribution in [2.24, 2.45) is 0 Å². The molecular weight excluding hydrogens is 296 g/mol. The average molecular weight is 324 g/mol. The lowest BCUT2D eigenvalue weighted by Gasteiger charge is -2.37. The van der Waals surface area contributed by atoms with Gasteiger partial charge in [-0.15, -0.1) is 11.3 Å². The molecule has 0 aromatic carbocycles. The highest BCUT2D eigenvalue weighted by atomic mass is 32.1. The second kappa shape index (κ2) is 8.41. The molecule has 4 nitrogen and oxygen atoms in total. The Hall–Kier alpha value is -0.460. The van der Waals surface area contributed by atoms with Gasteiger partial charge >= 0.3 is 0 Å². The molecule has 0 spiro atoms. The Kier molecular flexibility index (Phi) is 6.27. The van der Waals surface area contributed by atoms with E-state index in [-0.39, 0.29) is 0 Å². The van der Waals surface area contributed by atoms with Crippen molar-refractivity contribution < 1.29 is 9.47 Å². The number of hydrogen-bond acceptors (Lipinski definition) is 5. The van der Waals surface area contributed by atoms with Crippen LogP contribution < -0.4 is 0 Å². The maximum Gasteiger partial charge on any atom is 0.0701 e. The molecule has 0 N–H and O–H groups in total. The van der Waals surface area contributed by atoms with Gasteiger partial charge in [0.25, 0.3) is 0 Å². The number of thiophene rings is 1. The van der Waals surface area contributed by atoms with Crippen molar-refractivity contribution in [3.63, 3.8) is 0 Å². The zero-order valence-corrected chi connectivity index (χ0v) is 14.4. The standard InChI is InChI=1S/C17H28N2O2S/c1-18(13-15-5-2-3-9-21-15)14-16(17-6-4-12-22-17)19-7-10-20-11-8-19/h4,6,12,15-16H,2-3,5,7-11,13-14H2,1H3/t15-,16+/m1/s1. The van der Waals surface area contributed by atoms with Crippen LogP contribution in [0.1, 0.15) is 30.2 Å². The molecule has 2 fully saturated rings. The summed E-state index contributed by atoms with van der Waals surface area (Å²) in [6, 6.07) is 4.92. The second-order valence-electron chi connectivity index (χ2n) is 6.39. The van der Waals surface area contributed by atoms with Gasteiger partial charge in [0.2, 0.25) is 0 Å². The van der Waals surface area contributed by atoms with Crippen LogP contribution in [0.4, 0.5) is 0 Å². The fraction of sp³-hybridized carbons (Fsp3) is 0.765. The smallest absolute Gasteiger partial charge is 0.0701 e. The van der Waals surface area contributed by atoms with Crippen molar-refractivity contribution in [1.29, 1.82) is 0 Å². The molecule has 1 aromatic heterocycles. The predicted octanol–water partition coefficient (Wildman–Crippen LogP) is 2.62. The first kappa shape index (κ1) is 16.4. The largest absolute Gasteiger partial charge is 0.379 e. The van der Waals surface area contributed by atoms with E-state index in [2.05, 4.69) is 34.4 Å². The van der Waals surface area contributed by atoms with Crippen LogP contribution in [0.2, 0.25) is 0 Å². The topological polar surface area (TPSA) is 24.9 Å². The lowest BCUT2D eigenvalue weighted by molar-refractivity contribution is -0.0150. The molecule has 3 rings (SSSR count). The maximum atomic E-state index is 5.89. The Bertz CT molecular complexity index is 414. The molecule has 22 heavy (non-hydrogen) atoms. The summed E-state index contributed by atoms with van der Waals surface area (Å²) in [5, 5.41) is 2.19. The van der Waals surface area contributed by atoms with E-state index in [4.69, 9.17) is 9.47 Å². The monoisotopic (exact) mass is 324 g/mol. The van der Waals surface area contributed by atoms with E-state index in [0.717, 1.165) is 46.0 Å². The minimum atomic E-state index is 0.424. The van der Waals surface area contributed by atoms with Gasteiger partial charge in [-0.1, -0.05) is 6.07 Å². The Balaban J connectivity index is 1.59. The van der Waals surface area contributed by atoms with Crippen molar-refractivity contribution in [3.05, 3.63) is 22.4 Å². The minimum Gasteiger partial charge on any atom is -0.379 e. The number of nitrogens with zero attached hydrogens (tertiary/aromatic N) is 2. The highest BCUT2D eigenvalue weighted by molar-refractivity contribution is 7.10. The summed E-state index contributed by atoms with van der Waals surface area (Å²) in [5.74, 6) is 0.